The number of nitrogens with one attached hydrogen (secondary N) is 2. The number of rotatable bonds is 5. The SMILES string of the molecule is CCNC(=O)C1COCCN1c1ncccc1CNC. The van der Waals surface area contributed by atoms with Crippen LogP contribution in [0, 0.1) is 0 Å². The van der Waals surface area contributed by atoms with Gasteiger partial charge in [0.2, 0.25) is 5.91 Å². The highest BCUT2D eigenvalue weighted by Crippen LogP contribution is 2.21. The number of amides is 1. The third kappa shape index (κ3) is 3.26. The molecule has 1 aromatic rings. The number of nitrogens with zero attached hydrogens (tertiary/aromatic N) is 2. The van der Waals surface area contributed by atoms with Crippen LogP contribution in [-0.4, -0.2) is 50.3 Å². The molecule has 1 aromatic heterocycles. The van der Waals surface area contributed by atoms with Crippen LogP contribution in [0.4, 0.5) is 5.82 Å². The first kappa shape index (κ1) is 14.7. The van der Waals surface area contributed by atoms with Crippen molar-refractivity contribution in [2.45, 2.75) is 19.5 Å². The normalized spacial score (nSPS) is 18.9. The van der Waals surface area contributed by atoms with Gasteiger partial charge in [0.15, 0.2) is 0 Å². The minimum Gasteiger partial charge on any atom is -0.377 e. The number of likely N-dealkylation sites (N-methyl/N-ethyl adjacent to an activating group) is 1. The molecule has 0 aliphatic carbocycles. The van der Waals surface area contributed by atoms with E-state index in [9.17, 15) is 4.79 Å². The van der Waals surface area contributed by atoms with Crippen molar-refractivity contribution in [2.75, 3.05) is 38.3 Å². The molecule has 6 nitrogen and oxygen atoms in total. The predicted octanol–water partition coefficient (Wildman–Crippen LogP) is 0.142. The Hall–Kier alpha value is -1.66. The summed E-state index contributed by atoms with van der Waals surface area (Å²) in [7, 11) is 1.90. The Morgan fingerprint density at radius 3 is 3.20 bits per heavy atom. The van der Waals surface area contributed by atoms with Crippen molar-refractivity contribution in [2.24, 2.45) is 0 Å². The van der Waals surface area contributed by atoms with Crippen molar-refractivity contribution >= 4 is 11.7 Å². The molecule has 0 aromatic carbocycles. The number of pyridine rings is 1. The van der Waals surface area contributed by atoms with Gasteiger partial charge < -0.3 is 20.3 Å². The van der Waals surface area contributed by atoms with E-state index in [4.69, 9.17) is 4.74 Å². The summed E-state index contributed by atoms with van der Waals surface area (Å²) in [5, 5.41) is 6.00. The molecule has 1 aliphatic rings. The van der Waals surface area contributed by atoms with Crippen LogP contribution >= 0.6 is 0 Å². The molecule has 1 fully saturated rings. The van der Waals surface area contributed by atoms with E-state index in [1.165, 1.54) is 0 Å². The molecule has 1 saturated heterocycles. The highest BCUT2D eigenvalue weighted by Gasteiger charge is 2.31. The van der Waals surface area contributed by atoms with Crippen LogP contribution < -0.4 is 15.5 Å². The van der Waals surface area contributed by atoms with Crippen LogP contribution in [0.3, 0.4) is 0 Å². The van der Waals surface area contributed by atoms with Gasteiger partial charge in [0.05, 0.1) is 13.2 Å². The molecule has 0 bridgehead atoms. The molecular formula is C14H22N4O2. The van der Waals surface area contributed by atoms with E-state index in [1.807, 2.05) is 31.0 Å². The van der Waals surface area contributed by atoms with E-state index >= 15 is 0 Å². The predicted molar refractivity (Wildman–Crippen MR) is 77.6 cm³/mol. The zero-order valence-corrected chi connectivity index (χ0v) is 12.1. The Morgan fingerprint density at radius 2 is 2.45 bits per heavy atom. The van der Waals surface area contributed by atoms with E-state index < -0.39 is 0 Å². The number of ether oxygens (including phenoxy) is 1. The Balaban J connectivity index is 2.25. The van der Waals surface area contributed by atoms with Gasteiger partial charge in [-0.2, -0.15) is 0 Å². The highest BCUT2D eigenvalue weighted by atomic mass is 16.5. The third-order valence-corrected chi connectivity index (χ3v) is 3.29. The third-order valence-electron chi connectivity index (χ3n) is 3.29. The van der Waals surface area contributed by atoms with Crippen LogP contribution in [0.5, 0.6) is 0 Å². The van der Waals surface area contributed by atoms with Gasteiger partial charge in [-0.05, 0) is 20.0 Å². The standard InChI is InChI=1S/C14H22N4O2/c1-3-16-14(19)12-10-20-8-7-18(12)13-11(9-15-2)5-4-6-17-13/h4-6,12,15H,3,7-10H2,1-2H3,(H,16,19). The molecule has 20 heavy (non-hydrogen) atoms. The van der Waals surface area contributed by atoms with Gasteiger partial charge in [0.1, 0.15) is 11.9 Å². The summed E-state index contributed by atoms with van der Waals surface area (Å²) in [6.07, 6.45) is 1.76. The molecular weight excluding hydrogens is 256 g/mol. The van der Waals surface area contributed by atoms with Crippen LogP contribution in [0.15, 0.2) is 18.3 Å². The fourth-order valence-corrected chi connectivity index (χ4v) is 2.38. The van der Waals surface area contributed by atoms with Gasteiger partial charge >= 0.3 is 0 Å². The van der Waals surface area contributed by atoms with Gasteiger partial charge in [-0.25, -0.2) is 4.98 Å². The number of carbonyl (C=O) groups is 1. The van der Waals surface area contributed by atoms with E-state index in [2.05, 4.69) is 15.6 Å². The lowest BCUT2D eigenvalue weighted by Crippen LogP contribution is -2.54. The monoisotopic (exact) mass is 278 g/mol. The number of carbonyl (C=O) groups excluding carboxylic acids is 1. The van der Waals surface area contributed by atoms with Crippen LogP contribution in [0.25, 0.3) is 0 Å². The molecule has 2 heterocycles. The van der Waals surface area contributed by atoms with Crippen molar-refractivity contribution < 1.29 is 9.53 Å². The largest absolute Gasteiger partial charge is 0.377 e. The molecule has 6 heteroatoms. The maximum absolute atomic E-state index is 12.2. The van der Waals surface area contributed by atoms with Crippen molar-refractivity contribution in [3.63, 3.8) is 0 Å². The number of hydrogen-bond acceptors (Lipinski definition) is 5. The number of hydrogen-bond donors (Lipinski definition) is 2. The summed E-state index contributed by atoms with van der Waals surface area (Å²) in [4.78, 5) is 18.7. The molecule has 0 spiro atoms. The molecule has 1 atom stereocenters. The summed E-state index contributed by atoms with van der Waals surface area (Å²) in [5.74, 6) is 0.856. The van der Waals surface area contributed by atoms with E-state index in [-0.39, 0.29) is 11.9 Å². The average Bonchev–Trinajstić information content (AvgIpc) is 2.48. The van der Waals surface area contributed by atoms with E-state index in [0.29, 0.717) is 26.3 Å². The Kier molecular flexibility index (Phi) is 5.31. The summed E-state index contributed by atoms with van der Waals surface area (Å²) in [6.45, 7) is 4.96. The Bertz CT molecular complexity index is 453. The van der Waals surface area contributed by atoms with E-state index in [0.717, 1.165) is 17.9 Å². The fraction of sp³-hybridized carbons (Fsp3) is 0.571. The minimum absolute atomic E-state index is 0.00624. The molecule has 2 N–H and O–H groups in total. The Labute approximate surface area is 119 Å². The smallest absolute Gasteiger partial charge is 0.245 e. The maximum atomic E-state index is 12.2. The van der Waals surface area contributed by atoms with Gasteiger partial charge in [0.25, 0.3) is 0 Å². The quantitative estimate of drug-likeness (QED) is 0.802. The first-order valence-electron chi connectivity index (χ1n) is 6.98. The summed E-state index contributed by atoms with van der Waals surface area (Å²) in [5.41, 5.74) is 1.09. The topological polar surface area (TPSA) is 66.5 Å². The number of anilines is 1. The van der Waals surface area contributed by atoms with Crippen LogP contribution in [0.2, 0.25) is 0 Å². The second-order valence-electron chi connectivity index (χ2n) is 4.70. The first-order valence-corrected chi connectivity index (χ1v) is 6.98. The highest BCUT2D eigenvalue weighted by molar-refractivity contribution is 5.85. The summed E-state index contributed by atoms with van der Waals surface area (Å²) in [6, 6.07) is 3.63. The second kappa shape index (κ2) is 7.21. The number of morpholine rings is 1. The van der Waals surface area contributed by atoms with Gasteiger partial charge in [0, 0.05) is 31.4 Å². The number of aromatic nitrogens is 1. The lowest BCUT2D eigenvalue weighted by atomic mass is 10.1. The fourth-order valence-electron chi connectivity index (χ4n) is 2.38. The van der Waals surface area contributed by atoms with Crippen LogP contribution in [0.1, 0.15) is 12.5 Å². The minimum atomic E-state index is -0.311. The molecule has 1 unspecified atom stereocenters. The average molecular weight is 278 g/mol. The molecule has 110 valence electrons. The second-order valence-corrected chi connectivity index (χ2v) is 4.70. The maximum Gasteiger partial charge on any atom is 0.245 e. The van der Waals surface area contributed by atoms with Crippen LogP contribution in [-0.2, 0) is 16.1 Å². The first-order chi connectivity index (χ1) is 9.77. The zero-order chi connectivity index (χ0) is 14.4. The van der Waals surface area contributed by atoms with Gasteiger partial charge in [-0.15, -0.1) is 0 Å². The van der Waals surface area contributed by atoms with Crippen molar-refractivity contribution in [3.05, 3.63) is 23.9 Å². The molecule has 0 radical (unpaired) electrons. The van der Waals surface area contributed by atoms with Gasteiger partial charge in [-0.3, -0.25) is 4.79 Å². The summed E-state index contributed by atoms with van der Waals surface area (Å²) >= 11 is 0. The van der Waals surface area contributed by atoms with Crippen molar-refractivity contribution in [3.8, 4) is 0 Å². The molecule has 2 rings (SSSR count). The zero-order valence-electron chi connectivity index (χ0n) is 12.1. The molecule has 1 aliphatic heterocycles. The van der Waals surface area contributed by atoms with Crippen molar-refractivity contribution in [1.29, 1.82) is 0 Å². The molecule has 0 saturated carbocycles. The van der Waals surface area contributed by atoms with Crippen molar-refractivity contribution in [1.82, 2.24) is 15.6 Å². The van der Waals surface area contributed by atoms with E-state index in [1.54, 1.807) is 6.20 Å². The lowest BCUT2D eigenvalue weighted by molar-refractivity contribution is -0.124. The molecule has 1 amide bonds. The Morgan fingerprint density at radius 1 is 1.60 bits per heavy atom. The summed E-state index contributed by atoms with van der Waals surface area (Å²) < 4.78 is 5.46. The van der Waals surface area contributed by atoms with Gasteiger partial charge in [-0.1, -0.05) is 6.07 Å². The lowest BCUT2D eigenvalue weighted by Gasteiger charge is -2.36.